The van der Waals surface area contributed by atoms with Crippen LogP contribution in [0, 0.1) is 12.8 Å². The Bertz CT molecular complexity index is 809. The molecule has 0 radical (unpaired) electrons. The molecule has 6 nitrogen and oxygen atoms in total. The number of piperazine rings is 1. The number of aryl methyl sites for hydroxylation is 1. The summed E-state index contributed by atoms with van der Waals surface area (Å²) in [5.41, 5.74) is 1.76. The molecule has 1 amide bonds. The average molecular weight is 390 g/mol. The Morgan fingerprint density at radius 1 is 1.26 bits per heavy atom. The highest BCUT2D eigenvalue weighted by Crippen LogP contribution is 2.32. The van der Waals surface area contributed by atoms with Gasteiger partial charge in [0.05, 0.1) is 11.6 Å². The number of hydrogen-bond donors (Lipinski definition) is 0. The summed E-state index contributed by atoms with van der Waals surface area (Å²) >= 11 is 6.31. The first-order valence-corrected chi connectivity index (χ1v) is 9.82. The highest BCUT2D eigenvalue weighted by molar-refractivity contribution is 6.33. The lowest BCUT2D eigenvalue weighted by Crippen LogP contribution is -2.50. The molecule has 0 aliphatic carbocycles. The third-order valence-electron chi connectivity index (χ3n) is 5.41. The minimum atomic E-state index is -0.0347. The van der Waals surface area contributed by atoms with Crippen molar-refractivity contribution in [2.75, 3.05) is 45.9 Å². The summed E-state index contributed by atoms with van der Waals surface area (Å²) in [6.45, 7) is 7.75. The van der Waals surface area contributed by atoms with Crippen molar-refractivity contribution in [3.05, 3.63) is 40.6 Å². The fourth-order valence-corrected chi connectivity index (χ4v) is 4.07. The molecule has 2 fully saturated rings. The van der Waals surface area contributed by atoms with Gasteiger partial charge in [-0.05, 0) is 25.3 Å². The van der Waals surface area contributed by atoms with E-state index in [-0.39, 0.29) is 5.91 Å². The van der Waals surface area contributed by atoms with Gasteiger partial charge in [-0.2, -0.15) is 0 Å². The molecule has 2 saturated heterocycles. The molecule has 2 aromatic rings. The minimum absolute atomic E-state index is 0.0347. The molecule has 1 aromatic heterocycles. The number of benzene rings is 1. The fourth-order valence-electron chi connectivity index (χ4n) is 3.85. The molecule has 4 rings (SSSR count). The summed E-state index contributed by atoms with van der Waals surface area (Å²) in [5.74, 6) is 1.12. The summed E-state index contributed by atoms with van der Waals surface area (Å²) < 4.78 is 10.8. The highest BCUT2D eigenvalue weighted by Gasteiger charge is 2.30. The zero-order valence-electron chi connectivity index (χ0n) is 15.5. The summed E-state index contributed by atoms with van der Waals surface area (Å²) in [5, 5.41) is 4.67. The van der Waals surface area contributed by atoms with Crippen LogP contribution in [0.2, 0.25) is 5.02 Å². The van der Waals surface area contributed by atoms with Gasteiger partial charge >= 0.3 is 0 Å². The molecular formula is C20H24ClN3O3. The number of halogens is 1. The first-order chi connectivity index (χ1) is 13.1. The second kappa shape index (κ2) is 8.00. The Hall–Kier alpha value is -1.89. The van der Waals surface area contributed by atoms with E-state index >= 15 is 0 Å². The molecule has 144 valence electrons. The number of rotatable bonds is 4. The van der Waals surface area contributed by atoms with Gasteiger partial charge in [0, 0.05) is 44.9 Å². The summed E-state index contributed by atoms with van der Waals surface area (Å²) in [6.07, 6.45) is 1.14. The van der Waals surface area contributed by atoms with E-state index in [2.05, 4.69) is 10.1 Å². The minimum Gasteiger partial charge on any atom is -0.381 e. The molecule has 2 aliphatic heterocycles. The lowest BCUT2D eigenvalue weighted by atomic mass is 10.0. The lowest BCUT2D eigenvalue weighted by Gasteiger charge is -2.35. The summed E-state index contributed by atoms with van der Waals surface area (Å²) in [6, 6.07) is 7.39. The molecule has 0 bridgehead atoms. The quantitative estimate of drug-likeness (QED) is 0.804. The van der Waals surface area contributed by atoms with Crippen molar-refractivity contribution in [3.8, 4) is 11.3 Å². The molecule has 27 heavy (non-hydrogen) atoms. The van der Waals surface area contributed by atoms with E-state index in [9.17, 15) is 4.79 Å². The van der Waals surface area contributed by atoms with Crippen molar-refractivity contribution in [3.63, 3.8) is 0 Å². The van der Waals surface area contributed by atoms with Crippen molar-refractivity contribution in [1.29, 1.82) is 0 Å². The number of ether oxygens (including phenoxy) is 1. The van der Waals surface area contributed by atoms with Gasteiger partial charge < -0.3 is 14.2 Å². The van der Waals surface area contributed by atoms with E-state index in [1.165, 1.54) is 0 Å². The normalized spacial score (nSPS) is 21.0. The Morgan fingerprint density at radius 3 is 2.74 bits per heavy atom. The number of aromatic nitrogens is 1. The van der Waals surface area contributed by atoms with Crippen LogP contribution >= 0.6 is 11.6 Å². The number of carbonyl (C=O) groups excluding carboxylic acids is 1. The monoisotopic (exact) mass is 389 g/mol. The van der Waals surface area contributed by atoms with E-state index in [4.69, 9.17) is 20.9 Å². The molecule has 7 heteroatoms. The zero-order valence-corrected chi connectivity index (χ0v) is 16.2. The molecule has 2 aliphatic rings. The van der Waals surface area contributed by atoms with Gasteiger partial charge in [-0.15, -0.1) is 0 Å². The largest absolute Gasteiger partial charge is 0.381 e. The maximum absolute atomic E-state index is 13.2. The molecule has 1 aromatic carbocycles. The van der Waals surface area contributed by atoms with Gasteiger partial charge in [-0.25, -0.2) is 0 Å². The zero-order chi connectivity index (χ0) is 18.8. The lowest BCUT2D eigenvalue weighted by molar-refractivity contribution is 0.0610. The maximum atomic E-state index is 13.2. The van der Waals surface area contributed by atoms with Gasteiger partial charge in [-0.3, -0.25) is 9.69 Å². The van der Waals surface area contributed by atoms with Crippen LogP contribution in [0.1, 0.15) is 22.5 Å². The van der Waals surface area contributed by atoms with Gasteiger partial charge in [0.1, 0.15) is 17.0 Å². The van der Waals surface area contributed by atoms with E-state index < -0.39 is 0 Å². The van der Waals surface area contributed by atoms with E-state index in [0.717, 1.165) is 44.8 Å². The molecular weight excluding hydrogens is 366 g/mol. The predicted molar refractivity (Wildman–Crippen MR) is 103 cm³/mol. The van der Waals surface area contributed by atoms with Crippen molar-refractivity contribution in [1.82, 2.24) is 15.0 Å². The number of carbonyl (C=O) groups is 1. The Morgan fingerprint density at radius 2 is 2.04 bits per heavy atom. The van der Waals surface area contributed by atoms with Crippen LogP contribution in [0.4, 0.5) is 0 Å². The van der Waals surface area contributed by atoms with Gasteiger partial charge in [0.15, 0.2) is 0 Å². The molecule has 0 saturated carbocycles. The fraction of sp³-hybridized carbons (Fsp3) is 0.500. The highest BCUT2D eigenvalue weighted by atomic mass is 35.5. The molecule has 1 unspecified atom stereocenters. The van der Waals surface area contributed by atoms with Crippen molar-refractivity contribution >= 4 is 17.5 Å². The van der Waals surface area contributed by atoms with Crippen LogP contribution in [-0.4, -0.2) is 66.8 Å². The van der Waals surface area contributed by atoms with Crippen LogP contribution in [0.25, 0.3) is 11.3 Å². The van der Waals surface area contributed by atoms with Crippen LogP contribution in [0.15, 0.2) is 28.8 Å². The van der Waals surface area contributed by atoms with Gasteiger partial charge in [0.2, 0.25) is 0 Å². The van der Waals surface area contributed by atoms with Crippen molar-refractivity contribution in [2.45, 2.75) is 13.3 Å². The first kappa shape index (κ1) is 18.5. The number of amides is 1. The van der Waals surface area contributed by atoms with Crippen LogP contribution in [-0.2, 0) is 4.74 Å². The Balaban J connectivity index is 1.46. The second-order valence-electron chi connectivity index (χ2n) is 7.26. The van der Waals surface area contributed by atoms with Crippen molar-refractivity contribution < 1.29 is 14.1 Å². The van der Waals surface area contributed by atoms with Crippen LogP contribution in [0.3, 0.4) is 0 Å². The average Bonchev–Trinajstić information content (AvgIpc) is 3.32. The topological polar surface area (TPSA) is 58.8 Å². The third kappa shape index (κ3) is 3.88. The van der Waals surface area contributed by atoms with E-state index in [1.54, 1.807) is 13.0 Å². The van der Waals surface area contributed by atoms with Gasteiger partial charge in [0.25, 0.3) is 5.91 Å². The first-order valence-electron chi connectivity index (χ1n) is 9.44. The molecule has 3 heterocycles. The van der Waals surface area contributed by atoms with E-state index in [0.29, 0.717) is 41.0 Å². The van der Waals surface area contributed by atoms with Crippen LogP contribution in [0.5, 0.6) is 0 Å². The summed E-state index contributed by atoms with van der Waals surface area (Å²) in [7, 11) is 0. The Kier molecular flexibility index (Phi) is 5.48. The number of nitrogens with zero attached hydrogens (tertiary/aromatic N) is 3. The predicted octanol–water partition coefficient (Wildman–Crippen LogP) is 3.10. The molecule has 1 atom stereocenters. The molecule has 0 N–H and O–H groups in total. The summed E-state index contributed by atoms with van der Waals surface area (Å²) in [4.78, 5) is 17.5. The molecule has 0 spiro atoms. The third-order valence-corrected chi connectivity index (χ3v) is 5.74. The SMILES string of the molecule is Cc1onc(-c2ccccc2Cl)c1C(=O)N1CCN(CC2CCOC2)CC1. The number of hydrogen-bond acceptors (Lipinski definition) is 5. The smallest absolute Gasteiger partial charge is 0.259 e. The van der Waals surface area contributed by atoms with E-state index in [1.807, 2.05) is 23.1 Å². The Labute approximate surface area is 164 Å². The maximum Gasteiger partial charge on any atom is 0.259 e. The van der Waals surface area contributed by atoms with Crippen molar-refractivity contribution in [2.24, 2.45) is 5.92 Å². The van der Waals surface area contributed by atoms with Crippen LogP contribution < -0.4 is 0 Å². The van der Waals surface area contributed by atoms with Gasteiger partial charge in [-0.1, -0.05) is 35.0 Å². The standard InChI is InChI=1S/C20H24ClN3O3/c1-14-18(19(22-27-14)16-4-2-3-5-17(16)21)20(25)24-9-7-23(8-10-24)12-15-6-11-26-13-15/h2-5,15H,6-13H2,1H3. The second-order valence-corrected chi connectivity index (χ2v) is 7.67.